The monoisotopic (exact) mass is 338 g/mol. The highest BCUT2D eigenvalue weighted by Gasteiger charge is 2.36. The van der Waals surface area contributed by atoms with Crippen LogP contribution in [0.2, 0.25) is 0 Å². The number of phenols is 1. The van der Waals surface area contributed by atoms with E-state index >= 15 is 0 Å². The van der Waals surface area contributed by atoms with Crippen LogP contribution in [0.25, 0.3) is 21.9 Å². The minimum atomic E-state index is -0.0787. The molecule has 2 heteroatoms. The van der Waals surface area contributed by atoms with Crippen LogP contribution in [0.5, 0.6) is 5.75 Å². The van der Waals surface area contributed by atoms with Gasteiger partial charge in [0.05, 0.1) is 0 Å². The van der Waals surface area contributed by atoms with Crippen molar-refractivity contribution in [2.45, 2.75) is 19.3 Å². The zero-order valence-electron chi connectivity index (χ0n) is 11.9. The summed E-state index contributed by atoms with van der Waals surface area (Å²) < 4.78 is 0.982. The number of hydrogen-bond donors (Lipinski definition) is 1. The molecule has 1 aliphatic carbocycles. The molecule has 0 unspecified atom stereocenters. The van der Waals surface area contributed by atoms with E-state index in [0.717, 1.165) is 15.2 Å². The van der Waals surface area contributed by atoms with Gasteiger partial charge in [0, 0.05) is 15.3 Å². The first-order chi connectivity index (χ1) is 10.00. The molecule has 21 heavy (non-hydrogen) atoms. The zero-order chi connectivity index (χ0) is 14.8. The van der Waals surface area contributed by atoms with Crippen molar-refractivity contribution in [3.63, 3.8) is 0 Å². The molecule has 0 saturated carbocycles. The topological polar surface area (TPSA) is 20.2 Å². The molecule has 104 valence electrons. The average molecular weight is 339 g/mol. The zero-order valence-corrected chi connectivity index (χ0v) is 13.5. The van der Waals surface area contributed by atoms with E-state index in [1.54, 1.807) is 0 Å². The van der Waals surface area contributed by atoms with Gasteiger partial charge in [-0.3, -0.25) is 0 Å². The number of aromatic hydroxyl groups is 1. The Labute approximate surface area is 132 Å². The van der Waals surface area contributed by atoms with Crippen molar-refractivity contribution in [2.24, 2.45) is 0 Å². The first kappa shape index (κ1) is 12.9. The molecule has 0 heterocycles. The molecule has 0 bridgehead atoms. The third-order valence-corrected chi connectivity index (χ3v) is 5.11. The maximum atomic E-state index is 10.5. The van der Waals surface area contributed by atoms with Gasteiger partial charge in [0.2, 0.25) is 0 Å². The number of hydrogen-bond acceptors (Lipinski definition) is 1. The highest BCUT2D eigenvalue weighted by atomic mass is 79.9. The second kappa shape index (κ2) is 4.11. The fraction of sp³-hybridized carbons (Fsp3) is 0.158. The molecule has 0 aromatic heterocycles. The fourth-order valence-electron chi connectivity index (χ4n) is 3.55. The molecular formula is C19H15BrO. The van der Waals surface area contributed by atoms with Gasteiger partial charge in [0.25, 0.3) is 0 Å². The van der Waals surface area contributed by atoms with Crippen molar-refractivity contribution >= 4 is 26.7 Å². The second-order valence-electron chi connectivity index (χ2n) is 6.18. The van der Waals surface area contributed by atoms with Crippen LogP contribution in [0.1, 0.15) is 25.0 Å². The first-order valence-corrected chi connectivity index (χ1v) is 7.85. The summed E-state index contributed by atoms with van der Waals surface area (Å²) in [4.78, 5) is 0. The van der Waals surface area contributed by atoms with Gasteiger partial charge < -0.3 is 5.11 Å². The van der Waals surface area contributed by atoms with Crippen molar-refractivity contribution in [1.29, 1.82) is 0 Å². The molecule has 3 aromatic rings. The maximum Gasteiger partial charge on any atom is 0.123 e. The van der Waals surface area contributed by atoms with Crippen LogP contribution >= 0.6 is 15.9 Å². The van der Waals surface area contributed by atoms with E-state index in [1.807, 2.05) is 18.2 Å². The molecule has 0 amide bonds. The largest absolute Gasteiger partial charge is 0.507 e. The number of fused-ring (bicyclic) bond motifs is 5. The number of benzene rings is 3. The second-order valence-corrected chi connectivity index (χ2v) is 7.09. The van der Waals surface area contributed by atoms with Gasteiger partial charge in [0.15, 0.2) is 0 Å². The Morgan fingerprint density at radius 2 is 1.67 bits per heavy atom. The summed E-state index contributed by atoms with van der Waals surface area (Å²) in [5.41, 5.74) is 5.00. The molecule has 0 spiro atoms. The van der Waals surface area contributed by atoms with Crippen LogP contribution in [0.4, 0.5) is 0 Å². The van der Waals surface area contributed by atoms with E-state index in [4.69, 9.17) is 0 Å². The Morgan fingerprint density at radius 3 is 2.48 bits per heavy atom. The van der Waals surface area contributed by atoms with Gasteiger partial charge in [-0.05, 0) is 45.8 Å². The van der Waals surface area contributed by atoms with Gasteiger partial charge in [-0.2, -0.15) is 0 Å². The first-order valence-electron chi connectivity index (χ1n) is 7.06. The molecule has 1 nitrogen and oxygen atoms in total. The van der Waals surface area contributed by atoms with E-state index in [9.17, 15) is 5.11 Å². The Kier molecular flexibility index (Phi) is 2.52. The van der Waals surface area contributed by atoms with E-state index in [-0.39, 0.29) is 5.41 Å². The van der Waals surface area contributed by atoms with Crippen LogP contribution in [-0.4, -0.2) is 5.11 Å². The van der Waals surface area contributed by atoms with Crippen molar-refractivity contribution in [2.75, 3.05) is 0 Å². The fourth-order valence-corrected chi connectivity index (χ4v) is 3.91. The van der Waals surface area contributed by atoms with Crippen LogP contribution in [0, 0.1) is 0 Å². The molecular weight excluding hydrogens is 324 g/mol. The Hall–Kier alpha value is -1.80. The molecule has 0 atom stereocenters. The quantitative estimate of drug-likeness (QED) is 0.564. The predicted octanol–water partition coefficient (Wildman–Crippen LogP) is 5.61. The van der Waals surface area contributed by atoms with Crippen LogP contribution in [-0.2, 0) is 5.41 Å². The molecule has 0 fully saturated rings. The Morgan fingerprint density at radius 1 is 0.905 bits per heavy atom. The van der Waals surface area contributed by atoms with Crippen LogP contribution < -0.4 is 0 Å². The van der Waals surface area contributed by atoms with E-state index in [2.05, 4.69) is 60.1 Å². The maximum absolute atomic E-state index is 10.5. The predicted molar refractivity (Wildman–Crippen MR) is 90.9 cm³/mol. The summed E-state index contributed by atoms with van der Waals surface area (Å²) in [6.07, 6.45) is 0. The van der Waals surface area contributed by atoms with Gasteiger partial charge >= 0.3 is 0 Å². The molecule has 1 N–H and O–H groups in total. The molecule has 0 saturated heterocycles. The minimum Gasteiger partial charge on any atom is -0.507 e. The number of phenolic OH excluding ortho intramolecular Hbond substituents is 1. The molecule has 0 aliphatic heterocycles. The smallest absolute Gasteiger partial charge is 0.123 e. The van der Waals surface area contributed by atoms with E-state index in [1.165, 1.54) is 22.3 Å². The van der Waals surface area contributed by atoms with Crippen molar-refractivity contribution < 1.29 is 5.11 Å². The van der Waals surface area contributed by atoms with Gasteiger partial charge in [0.1, 0.15) is 5.75 Å². The van der Waals surface area contributed by atoms with Crippen molar-refractivity contribution in [1.82, 2.24) is 0 Å². The minimum absolute atomic E-state index is 0.0787. The number of halogens is 1. The van der Waals surface area contributed by atoms with Gasteiger partial charge in [-0.1, -0.05) is 60.1 Å². The molecule has 3 aromatic carbocycles. The summed E-state index contributed by atoms with van der Waals surface area (Å²) >= 11 is 3.49. The lowest BCUT2D eigenvalue weighted by Gasteiger charge is -2.21. The highest BCUT2D eigenvalue weighted by molar-refractivity contribution is 9.10. The van der Waals surface area contributed by atoms with Crippen molar-refractivity contribution in [3.8, 4) is 16.9 Å². The Balaban J connectivity index is 2.23. The standard InChI is InChI=1S/C19H15BrO/c1-19(2)15-6-4-3-5-13(15)18-12-8-7-11(20)9-14(12)17(21)10-16(18)19/h3-10,21H,1-2H3. The molecule has 1 aliphatic rings. The van der Waals surface area contributed by atoms with Crippen molar-refractivity contribution in [3.05, 3.63) is 64.1 Å². The average Bonchev–Trinajstić information content (AvgIpc) is 2.69. The highest BCUT2D eigenvalue weighted by Crippen LogP contribution is 2.52. The lowest BCUT2D eigenvalue weighted by molar-refractivity contribution is 0.479. The molecule has 0 radical (unpaired) electrons. The third kappa shape index (κ3) is 1.63. The summed E-state index contributed by atoms with van der Waals surface area (Å²) in [6.45, 7) is 4.45. The summed E-state index contributed by atoms with van der Waals surface area (Å²) in [5, 5.41) is 12.5. The normalized spacial score (nSPS) is 15.0. The van der Waals surface area contributed by atoms with Gasteiger partial charge in [-0.15, -0.1) is 0 Å². The van der Waals surface area contributed by atoms with Crippen LogP contribution in [0.15, 0.2) is 53.0 Å². The number of rotatable bonds is 0. The SMILES string of the molecule is CC1(C)c2ccccc2-c2c1cc(O)c1cc(Br)ccc21. The lowest BCUT2D eigenvalue weighted by Crippen LogP contribution is -2.14. The summed E-state index contributed by atoms with van der Waals surface area (Å²) in [6, 6.07) is 16.6. The molecule has 4 rings (SSSR count). The van der Waals surface area contributed by atoms with E-state index < -0.39 is 0 Å². The van der Waals surface area contributed by atoms with Crippen LogP contribution in [0.3, 0.4) is 0 Å². The Bertz CT molecular complexity index is 893. The lowest BCUT2D eigenvalue weighted by atomic mass is 9.82. The summed E-state index contributed by atoms with van der Waals surface area (Å²) in [5.74, 6) is 0.353. The summed E-state index contributed by atoms with van der Waals surface area (Å²) in [7, 11) is 0. The third-order valence-electron chi connectivity index (χ3n) is 4.62. The van der Waals surface area contributed by atoms with E-state index in [0.29, 0.717) is 5.75 Å². The van der Waals surface area contributed by atoms with Gasteiger partial charge in [-0.25, -0.2) is 0 Å².